The third-order valence-corrected chi connectivity index (χ3v) is 6.62. The lowest BCUT2D eigenvalue weighted by Crippen LogP contribution is -2.31. The number of nitrogens with zero attached hydrogens (tertiary/aromatic N) is 5. The van der Waals surface area contributed by atoms with Crippen LogP contribution in [0.1, 0.15) is 37.3 Å². The van der Waals surface area contributed by atoms with Crippen LogP contribution in [0.15, 0.2) is 64.5 Å². The summed E-state index contributed by atoms with van der Waals surface area (Å²) in [4.78, 5) is 22.5. The molecule has 1 aliphatic rings. The monoisotopic (exact) mass is 432 g/mol. The second-order valence-corrected chi connectivity index (χ2v) is 9.04. The topological polar surface area (TPSA) is 79.7 Å². The minimum Gasteiger partial charge on any atom is -0.341 e. The fourth-order valence-corrected chi connectivity index (χ4v) is 4.87. The van der Waals surface area contributed by atoms with Crippen molar-refractivity contribution in [3.8, 4) is 5.69 Å². The van der Waals surface area contributed by atoms with E-state index >= 15 is 0 Å². The number of rotatable bonds is 5. The van der Waals surface area contributed by atoms with E-state index in [1.54, 1.807) is 17.8 Å². The van der Waals surface area contributed by atoms with Crippen LogP contribution in [0.2, 0.25) is 0 Å². The van der Waals surface area contributed by atoms with Gasteiger partial charge in [0.1, 0.15) is 5.82 Å². The van der Waals surface area contributed by atoms with Crippen LogP contribution >= 0.6 is 11.8 Å². The molecule has 2 aromatic heterocycles. The summed E-state index contributed by atoms with van der Waals surface area (Å²) in [6.07, 6.45) is 3.60. The highest BCUT2D eigenvalue weighted by Gasteiger charge is 2.23. The number of hydrogen-bond donors (Lipinski definition) is 1. The summed E-state index contributed by atoms with van der Waals surface area (Å²) in [7, 11) is 0. The molecule has 2 aromatic carbocycles. The van der Waals surface area contributed by atoms with Crippen LogP contribution in [0, 0.1) is 0 Å². The molecule has 5 rings (SSSR count). The van der Waals surface area contributed by atoms with Crippen molar-refractivity contribution < 1.29 is 0 Å². The number of anilines is 1. The van der Waals surface area contributed by atoms with Gasteiger partial charge in [0, 0.05) is 13.1 Å². The van der Waals surface area contributed by atoms with E-state index in [2.05, 4.69) is 41.8 Å². The molecule has 1 fully saturated rings. The average molecular weight is 433 g/mol. The zero-order valence-electron chi connectivity index (χ0n) is 17.4. The van der Waals surface area contributed by atoms with Gasteiger partial charge in [0.2, 0.25) is 5.95 Å². The Hall–Kier alpha value is -3.13. The highest BCUT2D eigenvalue weighted by Crippen LogP contribution is 2.36. The molecule has 0 aliphatic carbocycles. The predicted octanol–water partition coefficient (Wildman–Crippen LogP) is 4.35. The third-order valence-electron chi connectivity index (χ3n) is 5.57. The Labute approximate surface area is 184 Å². The largest absolute Gasteiger partial charge is 0.341 e. The van der Waals surface area contributed by atoms with E-state index in [0.29, 0.717) is 16.7 Å². The van der Waals surface area contributed by atoms with Crippen molar-refractivity contribution in [1.29, 1.82) is 0 Å². The van der Waals surface area contributed by atoms with Crippen LogP contribution < -0.4 is 10.5 Å². The van der Waals surface area contributed by atoms with Crippen molar-refractivity contribution in [3.05, 3.63) is 70.8 Å². The molecule has 158 valence electrons. The van der Waals surface area contributed by atoms with Gasteiger partial charge < -0.3 is 9.88 Å². The maximum absolute atomic E-state index is 12.5. The molecule has 31 heavy (non-hydrogen) atoms. The number of para-hydroxylation sites is 2. The Morgan fingerprint density at radius 3 is 2.52 bits per heavy atom. The first-order valence-electron chi connectivity index (χ1n) is 10.6. The van der Waals surface area contributed by atoms with Gasteiger partial charge in [-0.3, -0.25) is 9.36 Å². The van der Waals surface area contributed by atoms with Crippen molar-refractivity contribution in [3.63, 3.8) is 0 Å². The zero-order chi connectivity index (χ0) is 21.2. The van der Waals surface area contributed by atoms with E-state index in [0.717, 1.165) is 29.9 Å². The molecular weight excluding hydrogens is 408 g/mol. The van der Waals surface area contributed by atoms with Crippen molar-refractivity contribution in [2.45, 2.75) is 36.6 Å². The summed E-state index contributed by atoms with van der Waals surface area (Å²) in [6.45, 7) is 4.01. The molecule has 1 saturated heterocycles. The second kappa shape index (κ2) is 8.55. The maximum atomic E-state index is 12.5. The van der Waals surface area contributed by atoms with Crippen molar-refractivity contribution in [2.75, 3.05) is 18.0 Å². The summed E-state index contributed by atoms with van der Waals surface area (Å²) in [6, 6.07) is 17.6. The Balaban J connectivity index is 1.51. The molecule has 3 heterocycles. The van der Waals surface area contributed by atoms with Crippen molar-refractivity contribution in [1.82, 2.24) is 24.7 Å². The number of piperidine rings is 1. The Kier molecular flexibility index (Phi) is 5.46. The molecule has 1 aliphatic heterocycles. The molecule has 0 radical (unpaired) electrons. The van der Waals surface area contributed by atoms with E-state index in [4.69, 9.17) is 0 Å². The number of aromatic nitrogens is 5. The molecule has 7 nitrogen and oxygen atoms in total. The van der Waals surface area contributed by atoms with Crippen molar-refractivity contribution in [2.24, 2.45) is 0 Å². The number of benzene rings is 2. The van der Waals surface area contributed by atoms with E-state index < -0.39 is 0 Å². The molecule has 0 saturated carbocycles. The molecular formula is C23H24N6OS. The standard InChI is InChI=1S/C23H24N6OS/c1-16(20-24-19-13-7-6-12-18(19)21(30)25-20)31-23-27-26-22(28-14-8-3-9-15-28)29(23)17-10-4-2-5-11-17/h2,4-7,10-13,16H,3,8-9,14-15H2,1H3,(H,24,25,30)/t16-/m0/s1. The van der Waals surface area contributed by atoms with Crippen LogP contribution in [0.3, 0.4) is 0 Å². The molecule has 0 spiro atoms. The normalized spacial score (nSPS) is 15.3. The van der Waals surface area contributed by atoms with Crippen LogP contribution in [0.5, 0.6) is 0 Å². The van der Waals surface area contributed by atoms with Crippen molar-refractivity contribution >= 4 is 28.6 Å². The maximum Gasteiger partial charge on any atom is 0.258 e. The van der Waals surface area contributed by atoms with Gasteiger partial charge in [-0.05, 0) is 50.5 Å². The summed E-state index contributed by atoms with van der Waals surface area (Å²) < 4.78 is 2.12. The number of aromatic amines is 1. The fourth-order valence-electron chi connectivity index (χ4n) is 3.95. The second-order valence-electron chi connectivity index (χ2n) is 7.73. The number of H-pyrrole nitrogens is 1. The van der Waals surface area contributed by atoms with Crippen LogP contribution in [-0.4, -0.2) is 37.8 Å². The summed E-state index contributed by atoms with van der Waals surface area (Å²) in [5, 5.41) is 10.4. The van der Waals surface area contributed by atoms with E-state index in [-0.39, 0.29) is 10.8 Å². The lowest BCUT2D eigenvalue weighted by Gasteiger charge is -2.28. The number of nitrogens with one attached hydrogen (secondary N) is 1. The molecule has 0 amide bonds. The first kappa shape index (κ1) is 19.8. The minimum atomic E-state index is -0.119. The molecule has 4 aromatic rings. The quantitative estimate of drug-likeness (QED) is 0.473. The van der Waals surface area contributed by atoms with E-state index in [1.165, 1.54) is 19.3 Å². The van der Waals surface area contributed by atoms with Gasteiger partial charge in [0.25, 0.3) is 5.56 Å². The lowest BCUT2D eigenvalue weighted by molar-refractivity contribution is 0.564. The van der Waals surface area contributed by atoms with Crippen LogP contribution in [0.4, 0.5) is 5.95 Å². The Bertz CT molecular complexity index is 1250. The third kappa shape index (κ3) is 3.95. The predicted molar refractivity (Wildman–Crippen MR) is 124 cm³/mol. The van der Waals surface area contributed by atoms with Crippen LogP contribution in [0.25, 0.3) is 16.6 Å². The number of thioether (sulfide) groups is 1. The SMILES string of the molecule is C[C@H](Sc1nnc(N2CCCCC2)n1-c1ccccc1)c1nc2ccccc2c(=O)[nH]1. The van der Waals surface area contributed by atoms with E-state index in [1.807, 2.05) is 43.3 Å². The fraction of sp³-hybridized carbons (Fsp3) is 0.304. The number of hydrogen-bond acceptors (Lipinski definition) is 6. The molecule has 1 N–H and O–H groups in total. The Morgan fingerprint density at radius 1 is 0.968 bits per heavy atom. The van der Waals surface area contributed by atoms with Gasteiger partial charge in [0.15, 0.2) is 5.16 Å². The van der Waals surface area contributed by atoms with Gasteiger partial charge in [-0.2, -0.15) is 0 Å². The summed E-state index contributed by atoms with van der Waals surface area (Å²) in [5.41, 5.74) is 1.61. The number of fused-ring (bicyclic) bond motifs is 1. The minimum absolute atomic E-state index is 0.0989. The molecule has 8 heteroatoms. The van der Waals surface area contributed by atoms with E-state index in [9.17, 15) is 4.79 Å². The van der Waals surface area contributed by atoms with Gasteiger partial charge in [-0.1, -0.05) is 42.1 Å². The lowest BCUT2D eigenvalue weighted by atomic mass is 10.1. The first-order valence-corrected chi connectivity index (χ1v) is 11.5. The van der Waals surface area contributed by atoms with Gasteiger partial charge >= 0.3 is 0 Å². The average Bonchev–Trinajstić information content (AvgIpc) is 3.23. The van der Waals surface area contributed by atoms with Gasteiger partial charge in [-0.15, -0.1) is 10.2 Å². The summed E-state index contributed by atoms with van der Waals surface area (Å²) in [5.74, 6) is 1.51. The molecule has 0 bridgehead atoms. The van der Waals surface area contributed by atoms with Crippen LogP contribution in [-0.2, 0) is 0 Å². The highest BCUT2D eigenvalue weighted by molar-refractivity contribution is 7.99. The first-order chi connectivity index (χ1) is 15.2. The van der Waals surface area contributed by atoms with Gasteiger partial charge in [0.05, 0.1) is 21.8 Å². The zero-order valence-corrected chi connectivity index (χ0v) is 18.2. The highest BCUT2D eigenvalue weighted by atomic mass is 32.2. The Morgan fingerprint density at radius 2 is 1.71 bits per heavy atom. The molecule has 1 atom stereocenters. The van der Waals surface area contributed by atoms with Gasteiger partial charge in [-0.25, -0.2) is 4.98 Å². The summed E-state index contributed by atoms with van der Waals surface area (Å²) >= 11 is 1.55. The molecule has 0 unspecified atom stereocenters. The smallest absolute Gasteiger partial charge is 0.258 e.